The van der Waals surface area contributed by atoms with Crippen molar-refractivity contribution in [2.75, 3.05) is 18.5 Å². The predicted molar refractivity (Wildman–Crippen MR) is 58.5 cm³/mol. The second-order valence-corrected chi connectivity index (χ2v) is 4.29. The Morgan fingerprint density at radius 2 is 2.25 bits per heavy atom. The minimum atomic E-state index is -0.865. The first kappa shape index (κ1) is 10.9. The number of hydrogen-bond donors (Lipinski definition) is 1. The zero-order valence-electron chi connectivity index (χ0n) is 9.55. The molecule has 1 saturated carbocycles. The van der Waals surface area contributed by atoms with E-state index in [4.69, 9.17) is 5.11 Å². The number of anilines is 1. The molecular formula is C10H16N4O2. The van der Waals surface area contributed by atoms with Crippen LogP contribution in [0.3, 0.4) is 0 Å². The fourth-order valence-electron chi connectivity index (χ4n) is 1.96. The molecule has 0 aromatic carbocycles. The number of carboxylic acid groups (broad SMARTS) is 1. The lowest BCUT2D eigenvalue weighted by Gasteiger charge is -2.24. The van der Waals surface area contributed by atoms with Gasteiger partial charge in [0.15, 0.2) is 0 Å². The minimum Gasteiger partial charge on any atom is -0.480 e. The molecule has 1 heterocycles. The summed E-state index contributed by atoms with van der Waals surface area (Å²) in [4.78, 5) is 12.2. The molecule has 0 unspecified atom stereocenters. The van der Waals surface area contributed by atoms with Crippen molar-refractivity contribution in [3.63, 3.8) is 0 Å². The minimum absolute atomic E-state index is 0.0589. The normalized spacial score (nSPS) is 15.9. The Morgan fingerprint density at radius 1 is 1.56 bits per heavy atom. The Kier molecular flexibility index (Phi) is 2.80. The van der Waals surface area contributed by atoms with Gasteiger partial charge in [0.2, 0.25) is 5.95 Å². The van der Waals surface area contributed by atoms with E-state index in [1.807, 2.05) is 11.6 Å². The Morgan fingerprint density at radius 3 is 2.75 bits per heavy atom. The zero-order valence-corrected chi connectivity index (χ0v) is 9.55. The van der Waals surface area contributed by atoms with Crippen molar-refractivity contribution in [1.29, 1.82) is 0 Å². The van der Waals surface area contributed by atoms with Gasteiger partial charge < -0.3 is 14.6 Å². The summed E-state index contributed by atoms with van der Waals surface area (Å²) in [7, 11) is 3.60. The number of rotatable bonds is 4. The molecule has 1 aromatic rings. The van der Waals surface area contributed by atoms with Crippen molar-refractivity contribution in [2.45, 2.75) is 25.2 Å². The third kappa shape index (κ3) is 1.87. The van der Waals surface area contributed by atoms with E-state index >= 15 is 0 Å². The van der Waals surface area contributed by atoms with Crippen LogP contribution in [0.25, 0.3) is 0 Å². The molecule has 0 bridgehead atoms. The number of aliphatic carboxylic acids is 1. The first-order valence-electron chi connectivity index (χ1n) is 5.42. The molecule has 1 aromatic heterocycles. The molecule has 6 nitrogen and oxygen atoms in total. The fourth-order valence-corrected chi connectivity index (χ4v) is 1.96. The van der Waals surface area contributed by atoms with Crippen LogP contribution in [0.2, 0.25) is 0 Å². The van der Waals surface area contributed by atoms with Gasteiger partial charge in [0, 0.05) is 20.0 Å². The maximum atomic E-state index is 10.6. The van der Waals surface area contributed by atoms with E-state index in [1.54, 1.807) is 11.9 Å². The van der Waals surface area contributed by atoms with E-state index in [2.05, 4.69) is 10.2 Å². The highest BCUT2D eigenvalue weighted by molar-refractivity contribution is 5.72. The molecule has 6 heteroatoms. The van der Waals surface area contributed by atoms with Crippen LogP contribution in [-0.4, -0.2) is 39.4 Å². The first-order valence-corrected chi connectivity index (χ1v) is 5.42. The molecule has 0 saturated heterocycles. The molecular weight excluding hydrogens is 208 g/mol. The average Bonchev–Trinajstić information content (AvgIpc) is 2.44. The van der Waals surface area contributed by atoms with Gasteiger partial charge in [-0.25, -0.2) is 0 Å². The van der Waals surface area contributed by atoms with Crippen molar-refractivity contribution >= 4 is 11.9 Å². The van der Waals surface area contributed by atoms with Gasteiger partial charge in [-0.15, -0.1) is 10.2 Å². The van der Waals surface area contributed by atoms with Crippen LogP contribution in [-0.2, 0) is 11.8 Å². The number of carbonyl (C=O) groups is 1. The molecule has 1 aliphatic carbocycles. The van der Waals surface area contributed by atoms with Gasteiger partial charge in [-0.1, -0.05) is 6.42 Å². The lowest BCUT2D eigenvalue weighted by atomic mass is 9.85. The van der Waals surface area contributed by atoms with Crippen LogP contribution in [0.1, 0.15) is 31.0 Å². The van der Waals surface area contributed by atoms with Crippen LogP contribution in [0.15, 0.2) is 0 Å². The van der Waals surface area contributed by atoms with E-state index in [0.29, 0.717) is 11.9 Å². The summed E-state index contributed by atoms with van der Waals surface area (Å²) in [6, 6.07) is 0. The fraction of sp³-hybridized carbons (Fsp3) is 0.700. The maximum absolute atomic E-state index is 10.6. The molecule has 88 valence electrons. The summed E-state index contributed by atoms with van der Waals surface area (Å²) in [5.41, 5.74) is 0. The third-order valence-electron chi connectivity index (χ3n) is 3.07. The number of likely N-dealkylation sites (N-methyl/N-ethyl adjacent to an activating group) is 1. The SMILES string of the molecule is CN(CC(=O)O)c1nnc(C2CCC2)n1C. The predicted octanol–water partition coefficient (Wildman–Crippen LogP) is 0.603. The van der Waals surface area contributed by atoms with Gasteiger partial charge in [-0.05, 0) is 12.8 Å². The third-order valence-corrected chi connectivity index (χ3v) is 3.07. The van der Waals surface area contributed by atoms with E-state index in [1.165, 1.54) is 6.42 Å². The Hall–Kier alpha value is -1.59. The zero-order chi connectivity index (χ0) is 11.7. The van der Waals surface area contributed by atoms with Gasteiger partial charge in [-0.2, -0.15) is 0 Å². The summed E-state index contributed by atoms with van der Waals surface area (Å²) < 4.78 is 1.90. The van der Waals surface area contributed by atoms with Crippen molar-refractivity contribution in [3.8, 4) is 0 Å². The molecule has 16 heavy (non-hydrogen) atoms. The Bertz CT molecular complexity index is 398. The van der Waals surface area contributed by atoms with Crippen LogP contribution >= 0.6 is 0 Å². The lowest BCUT2D eigenvalue weighted by molar-refractivity contribution is -0.135. The van der Waals surface area contributed by atoms with Crippen molar-refractivity contribution in [2.24, 2.45) is 7.05 Å². The van der Waals surface area contributed by atoms with Gasteiger partial charge >= 0.3 is 5.97 Å². The summed E-state index contributed by atoms with van der Waals surface area (Å²) >= 11 is 0. The topological polar surface area (TPSA) is 71.2 Å². The second-order valence-electron chi connectivity index (χ2n) is 4.29. The van der Waals surface area contributed by atoms with Gasteiger partial charge in [0.05, 0.1) is 0 Å². The second kappa shape index (κ2) is 4.11. The van der Waals surface area contributed by atoms with Gasteiger partial charge in [0.25, 0.3) is 0 Å². The molecule has 1 fully saturated rings. The highest BCUT2D eigenvalue weighted by Crippen LogP contribution is 2.35. The number of aromatic nitrogens is 3. The molecule has 1 aliphatic rings. The summed E-state index contributed by atoms with van der Waals surface area (Å²) in [6.45, 7) is -0.0589. The van der Waals surface area contributed by atoms with E-state index in [9.17, 15) is 4.79 Å². The van der Waals surface area contributed by atoms with E-state index < -0.39 is 5.97 Å². The van der Waals surface area contributed by atoms with Gasteiger partial charge in [-0.3, -0.25) is 4.79 Å². The molecule has 2 rings (SSSR count). The first-order chi connectivity index (χ1) is 7.59. The number of hydrogen-bond acceptors (Lipinski definition) is 4. The molecule has 0 atom stereocenters. The monoisotopic (exact) mass is 224 g/mol. The highest BCUT2D eigenvalue weighted by Gasteiger charge is 2.26. The van der Waals surface area contributed by atoms with Crippen LogP contribution in [0, 0.1) is 0 Å². The molecule has 0 amide bonds. The maximum Gasteiger partial charge on any atom is 0.323 e. The quantitative estimate of drug-likeness (QED) is 0.811. The summed E-state index contributed by atoms with van der Waals surface area (Å²) in [6.07, 6.45) is 3.57. The lowest BCUT2D eigenvalue weighted by Crippen LogP contribution is -2.28. The molecule has 0 radical (unpaired) electrons. The summed E-state index contributed by atoms with van der Waals surface area (Å²) in [5, 5.41) is 16.9. The van der Waals surface area contributed by atoms with Crippen molar-refractivity contribution in [3.05, 3.63) is 5.82 Å². The largest absolute Gasteiger partial charge is 0.480 e. The van der Waals surface area contributed by atoms with Crippen LogP contribution in [0.4, 0.5) is 5.95 Å². The average molecular weight is 224 g/mol. The highest BCUT2D eigenvalue weighted by atomic mass is 16.4. The van der Waals surface area contributed by atoms with Crippen LogP contribution < -0.4 is 4.90 Å². The smallest absolute Gasteiger partial charge is 0.323 e. The van der Waals surface area contributed by atoms with E-state index in [0.717, 1.165) is 18.7 Å². The van der Waals surface area contributed by atoms with Crippen molar-refractivity contribution in [1.82, 2.24) is 14.8 Å². The number of nitrogens with zero attached hydrogens (tertiary/aromatic N) is 4. The molecule has 0 aliphatic heterocycles. The van der Waals surface area contributed by atoms with Crippen LogP contribution in [0.5, 0.6) is 0 Å². The van der Waals surface area contributed by atoms with Gasteiger partial charge in [0.1, 0.15) is 12.4 Å². The molecule has 0 spiro atoms. The standard InChI is InChI=1S/C10H16N4O2/c1-13(6-8(15)16)10-12-11-9(14(10)2)7-4-3-5-7/h7H,3-6H2,1-2H3,(H,15,16). The summed E-state index contributed by atoms with van der Waals surface area (Å²) in [5.74, 6) is 1.22. The van der Waals surface area contributed by atoms with Crippen molar-refractivity contribution < 1.29 is 9.90 Å². The van der Waals surface area contributed by atoms with E-state index in [-0.39, 0.29) is 6.54 Å². The Balaban J connectivity index is 2.15. The number of carboxylic acids is 1. The Labute approximate surface area is 93.9 Å². The molecule has 1 N–H and O–H groups in total.